The lowest BCUT2D eigenvalue weighted by atomic mass is 9.93. The van der Waals surface area contributed by atoms with Crippen molar-refractivity contribution in [1.82, 2.24) is 15.4 Å². The molecule has 1 N–H and O–H groups in total. The molecule has 0 bridgehead atoms. The van der Waals surface area contributed by atoms with Crippen molar-refractivity contribution in [3.63, 3.8) is 0 Å². The van der Waals surface area contributed by atoms with Crippen molar-refractivity contribution in [2.24, 2.45) is 0 Å². The summed E-state index contributed by atoms with van der Waals surface area (Å²) < 4.78 is 77.8. The summed E-state index contributed by atoms with van der Waals surface area (Å²) in [6.07, 6.45) is -7.49. The van der Waals surface area contributed by atoms with Crippen molar-refractivity contribution in [2.75, 3.05) is 7.05 Å². The largest absolute Gasteiger partial charge is 0.417 e. The van der Waals surface area contributed by atoms with Gasteiger partial charge in [0.25, 0.3) is 0 Å². The van der Waals surface area contributed by atoms with Gasteiger partial charge in [0, 0.05) is 19.4 Å². The van der Waals surface area contributed by atoms with E-state index in [1.54, 1.807) is 0 Å². The number of nitrogens with one attached hydrogen (secondary N) is 1. The number of hydrogen-bond donors (Lipinski definition) is 1. The molecule has 1 aliphatic heterocycles. The average Bonchev–Trinajstić information content (AvgIpc) is 2.70. The van der Waals surface area contributed by atoms with Gasteiger partial charge in [-0.15, -0.1) is 0 Å². The second kappa shape index (κ2) is 4.77. The lowest BCUT2D eigenvalue weighted by Crippen LogP contribution is -2.54. The molecule has 0 fully saturated rings. The van der Waals surface area contributed by atoms with Crippen LogP contribution in [-0.4, -0.2) is 23.2 Å². The van der Waals surface area contributed by atoms with Gasteiger partial charge in [-0.2, -0.15) is 26.3 Å². The molecule has 1 aromatic heterocycles. The lowest BCUT2D eigenvalue weighted by Gasteiger charge is -2.36. The molecule has 1 unspecified atom stereocenters. The van der Waals surface area contributed by atoms with E-state index in [2.05, 4.69) is 10.4 Å². The quantitative estimate of drug-likeness (QED) is 0.799. The van der Waals surface area contributed by atoms with Crippen LogP contribution in [-0.2, 0) is 11.7 Å². The van der Waals surface area contributed by atoms with Crippen molar-refractivity contribution in [3.8, 4) is 0 Å². The molecule has 1 aromatic rings. The fourth-order valence-electron chi connectivity index (χ4n) is 2.01. The predicted molar refractivity (Wildman–Crippen MR) is 62.0 cm³/mol. The van der Waals surface area contributed by atoms with Crippen molar-refractivity contribution in [1.29, 1.82) is 0 Å². The van der Waals surface area contributed by atoms with Gasteiger partial charge >= 0.3 is 12.4 Å². The number of rotatable bonds is 1. The standard InChI is InChI=1S/C11H8ClF6N3/c1-21-9(2-3-20-21,11(16,17)18)8-7(12)4-6(5-19-8)10(13,14)15/h2-5,20H,1H3. The third-order valence-electron chi connectivity index (χ3n) is 3.08. The van der Waals surface area contributed by atoms with Gasteiger partial charge in [0.15, 0.2) is 5.54 Å². The number of halogens is 7. The highest BCUT2D eigenvalue weighted by Crippen LogP contribution is 2.47. The van der Waals surface area contributed by atoms with Crippen molar-refractivity contribution in [2.45, 2.75) is 17.9 Å². The Kier molecular flexibility index (Phi) is 3.61. The van der Waals surface area contributed by atoms with E-state index in [-0.39, 0.29) is 0 Å². The summed E-state index contributed by atoms with van der Waals surface area (Å²) in [5.41, 5.74) is -2.37. The molecule has 0 spiro atoms. The molecule has 0 aliphatic carbocycles. The molecule has 0 saturated carbocycles. The Balaban J connectivity index is 2.61. The lowest BCUT2D eigenvalue weighted by molar-refractivity contribution is -0.218. The van der Waals surface area contributed by atoms with Gasteiger partial charge in [-0.25, -0.2) is 5.01 Å². The Morgan fingerprint density at radius 1 is 1.24 bits per heavy atom. The van der Waals surface area contributed by atoms with E-state index in [0.717, 1.165) is 19.3 Å². The molecular formula is C11H8ClF6N3. The summed E-state index contributed by atoms with van der Waals surface area (Å²) in [5.74, 6) is 0. The molecular weight excluding hydrogens is 324 g/mol. The Morgan fingerprint density at radius 2 is 1.86 bits per heavy atom. The minimum atomic E-state index is -4.84. The van der Waals surface area contributed by atoms with Gasteiger partial charge in [0.05, 0.1) is 16.3 Å². The molecule has 2 heterocycles. The first-order chi connectivity index (χ1) is 9.50. The monoisotopic (exact) mass is 331 g/mol. The second-order valence-electron chi connectivity index (χ2n) is 4.34. The molecule has 2 rings (SSSR count). The molecule has 21 heavy (non-hydrogen) atoms. The molecule has 0 radical (unpaired) electrons. The maximum absolute atomic E-state index is 13.4. The van der Waals surface area contributed by atoms with E-state index >= 15 is 0 Å². The zero-order valence-corrected chi connectivity index (χ0v) is 11.1. The van der Waals surface area contributed by atoms with E-state index in [1.165, 1.54) is 0 Å². The zero-order valence-electron chi connectivity index (χ0n) is 10.3. The summed E-state index contributed by atoms with van der Waals surface area (Å²) in [4.78, 5) is 3.31. The fraction of sp³-hybridized carbons (Fsp3) is 0.364. The molecule has 0 saturated heterocycles. The van der Waals surface area contributed by atoms with Crippen LogP contribution in [0.1, 0.15) is 11.3 Å². The molecule has 0 amide bonds. The van der Waals surface area contributed by atoms with E-state index in [0.29, 0.717) is 17.3 Å². The third kappa shape index (κ3) is 2.44. The highest BCUT2D eigenvalue weighted by molar-refractivity contribution is 6.31. The Morgan fingerprint density at radius 3 is 2.24 bits per heavy atom. The van der Waals surface area contributed by atoms with Gasteiger partial charge in [0.1, 0.15) is 0 Å². The minimum Gasteiger partial charge on any atom is -0.325 e. The van der Waals surface area contributed by atoms with Gasteiger partial charge < -0.3 is 5.43 Å². The number of likely N-dealkylation sites (N-methyl/N-ethyl adjacent to an activating group) is 1. The normalized spacial score (nSPS) is 23.4. The fourth-order valence-corrected chi connectivity index (χ4v) is 2.32. The molecule has 10 heteroatoms. The first-order valence-electron chi connectivity index (χ1n) is 5.48. The van der Waals surface area contributed by atoms with Crippen LogP contribution in [0.3, 0.4) is 0 Å². The zero-order chi connectivity index (χ0) is 16.1. The summed E-state index contributed by atoms with van der Waals surface area (Å²) in [5, 5.41) is -0.0450. The number of aromatic nitrogens is 1. The van der Waals surface area contributed by atoms with Crippen LogP contribution in [0.2, 0.25) is 5.02 Å². The average molecular weight is 332 g/mol. The third-order valence-corrected chi connectivity index (χ3v) is 3.37. The van der Waals surface area contributed by atoms with Crippen molar-refractivity contribution >= 4 is 11.6 Å². The summed E-state index contributed by atoms with van der Waals surface area (Å²) in [7, 11) is 1.09. The highest BCUT2D eigenvalue weighted by atomic mass is 35.5. The summed E-state index contributed by atoms with van der Waals surface area (Å²) in [6.45, 7) is 0. The smallest absolute Gasteiger partial charge is 0.325 e. The van der Waals surface area contributed by atoms with Gasteiger partial charge in [-0.3, -0.25) is 4.98 Å². The SMILES string of the molecule is CN1NC=CC1(c1ncc(C(F)(F)F)cc1Cl)C(F)(F)F. The Hall–Kier alpha value is -1.48. The first-order valence-corrected chi connectivity index (χ1v) is 5.85. The van der Waals surface area contributed by atoms with Crippen LogP contribution in [0.4, 0.5) is 26.3 Å². The highest BCUT2D eigenvalue weighted by Gasteiger charge is 2.61. The van der Waals surface area contributed by atoms with Crippen LogP contribution in [0.5, 0.6) is 0 Å². The summed E-state index contributed by atoms with van der Waals surface area (Å²) >= 11 is 5.63. The number of pyridine rings is 1. The minimum absolute atomic E-state index is 0.328. The topological polar surface area (TPSA) is 28.2 Å². The maximum Gasteiger partial charge on any atom is 0.417 e. The number of alkyl halides is 6. The van der Waals surface area contributed by atoms with Crippen molar-refractivity contribution in [3.05, 3.63) is 40.8 Å². The van der Waals surface area contributed by atoms with Crippen LogP contribution < -0.4 is 5.43 Å². The van der Waals surface area contributed by atoms with Crippen LogP contribution in [0.25, 0.3) is 0 Å². The van der Waals surface area contributed by atoms with Gasteiger partial charge in [-0.1, -0.05) is 11.6 Å². The van der Waals surface area contributed by atoms with Crippen LogP contribution in [0.15, 0.2) is 24.5 Å². The van der Waals surface area contributed by atoms with E-state index < -0.39 is 34.2 Å². The van der Waals surface area contributed by atoms with Gasteiger partial charge in [0.2, 0.25) is 0 Å². The molecule has 116 valence electrons. The van der Waals surface area contributed by atoms with E-state index in [9.17, 15) is 26.3 Å². The number of nitrogens with zero attached hydrogens (tertiary/aromatic N) is 2. The molecule has 3 nitrogen and oxygen atoms in total. The van der Waals surface area contributed by atoms with E-state index in [4.69, 9.17) is 11.6 Å². The first kappa shape index (κ1) is 15.9. The maximum atomic E-state index is 13.4. The molecule has 1 atom stereocenters. The van der Waals surface area contributed by atoms with Crippen LogP contribution in [0, 0.1) is 0 Å². The molecule has 0 aromatic carbocycles. The Bertz CT molecular complexity index is 582. The molecule has 1 aliphatic rings. The predicted octanol–water partition coefficient (Wildman–Crippen LogP) is 3.48. The van der Waals surface area contributed by atoms with Gasteiger partial charge in [-0.05, 0) is 12.1 Å². The number of hydrogen-bond acceptors (Lipinski definition) is 3. The van der Waals surface area contributed by atoms with E-state index in [1.807, 2.05) is 0 Å². The number of hydrazine groups is 1. The second-order valence-corrected chi connectivity index (χ2v) is 4.74. The van der Waals surface area contributed by atoms with Crippen LogP contribution >= 0.6 is 11.6 Å². The Labute approximate surface area is 120 Å². The summed E-state index contributed by atoms with van der Waals surface area (Å²) in [6, 6.07) is 0.428. The van der Waals surface area contributed by atoms with Crippen molar-refractivity contribution < 1.29 is 26.3 Å².